The van der Waals surface area contributed by atoms with Gasteiger partial charge in [-0.2, -0.15) is 5.10 Å². The molecule has 0 fully saturated rings. The first-order valence-electron chi connectivity index (χ1n) is 8.61. The summed E-state index contributed by atoms with van der Waals surface area (Å²) >= 11 is 0. The van der Waals surface area contributed by atoms with Crippen molar-refractivity contribution in [3.63, 3.8) is 0 Å². The van der Waals surface area contributed by atoms with Crippen LogP contribution in [0.1, 0.15) is 22.8 Å². The largest absolute Gasteiger partial charge is 0.545 e. The van der Waals surface area contributed by atoms with E-state index in [1.165, 1.54) is 17.0 Å². The number of amides is 1. The smallest absolute Gasteiger partial charge is 0.259 e. The molecule has 1 amide bonds. The van der Waals surface area contributed by atoms with Crippen molar-refractivity contribution < 1.29 is 24.2 Å². The maximum atomic E-state index is 11.7. The van der Waals surface area contributed by atoms with Gasteiger partial charge in [0.15, 0.2) is 18.1 Å². The zero-order valence-electron chi connectivity index (χ0n) is 16.0. The quantitative estimate of drug-likeness (QED) is 0.517. The van der Waals surface area contributed by atoms with Crippen LogP contribution in [0, 0.1) is 0 Å². The fraction of sp³-hybridized carbons (Fsp3) is 0.250. The molecule has 28 heavy (non-hydrogen) atoms. The molecule has 2 rings (SSSR count). The minimum atomic E-state index is -1.23. The summed E-state index contributed by atoms with van der Waals surface area (Å²) in [6, 6.07) is 11.3. The van der Waals surface area contributed by atoms with Crippen molar-refractivity contribution in [3.8, 4) is 11.5 Å². The number of likely N-dealkylation sites (N-methyl/N-ethyl adjacent to an activating group) is 1. The number of carbonyl (C=O) groups is 2. The molecule has 0 heterocycles. The molecule has 0 aliphatic carbocycles. The summed E-state index contributed by atoms with van der Waals surface area (Å²) in [5, 5.41) is 14.9. The summed E-state index contributed by atoms with van der Waals surface area (Å²) in [5.41, 5.74) is 4.30. The first-order chi connectivity index (χ1) is 13.4. The van der Waals surface area contributed by atoms with E-state index < -0.39 is 5.97 Å². The highest BCUT2D eigenvalue weighted by atomic mass is 16.5. The molecule has 0 radical (unpaired) electrons. The van der Waals surface area contributed by atoms with Crippen molar-refractivity contribution in [3.05, 3.63) is 53.6 Å². The summed E-state index contributed by atoms with van der Waals surface area (Å²) < 4.78 is 11.1. The molecule has 148 valence electrons. The van der Waals surface area contributed by atoms with E-state index in [1.54, 1.807) is 50.6 Å². The topological polar surface area (TPSA) is 103 Å². The van der Waals surface area contributed by atoms with E-state index in [0.717, 1.165) is 5.56 Å². The van der Waals surface area contributed by atoms with Crippen molar-refractivity contribution in [2.45, 2.75) is 6.92 Å². The maximum absolute atomic E-state index is 11.7. The van der Waals surface area contributed by atoms with E-state index in [9.17, 15) is 14.7 Å². The second-order valence-electron chi connectivity index (χ2n) is 5.95. The van der Waals surface area contributed by atoms with E-state index in [1.807, 2.05) is 6.92 Å². The van der Waals surface area contributed by atoms with Crippen LogP contribution in [0.25, 0.3) is 0 Å². The fourth-order valence-corrected chi connectivity index (χ4v) is 2.12. The van der Waals surface area contributed by atoms with Crippen LogP contribution < -0.4 is 20.0 Å². The van der Waals surface area contributed by atoms with E-state index >= 15 is 0 Å². The van der Waals surface area contributed by atoms with Crippen molar-refractivity contribution in [1.29, 1.82) is 0 Å². The molecule has 0 aliphatic heterocycles. The van der Waals surface area contributed by atoms with E-state index in [4.69, 9.17) is 9.47 Å². The van der Waals surface area contributed by atoms with Crippen molar-refractivity contribution in [2.75, 3.05) is 32.7 Å². The Morgan fingerprint density at radius 2 is 1.82 bits per heavy atom. The number of anilines is 1. The van der Waals surface area contributed by atoms with Crippen LogP contribution in [0.3, 0.4) is 0 Å². The van der Waals surface area contributed by atoms with Gasteiger partial charge in [0.05, 0.1) is 24.5 Å². The van der Waals surface area contributed by atoms with Crippen LogP contribution in [0.2, 0.25) is 0 Å². The van der Waals surface area contributed by atoms with Gasteiger partial charge in [0.1, 0.15) is 0 Å². The molecule has 1 N–H and O–H groups in total. The average molecular weight is 384 g/mol. The zero-order valence-corrected chi connectivity index (χ0v) is 16.0. The second-order valence-corrected chi connectivity index (χ2v) is 5.95. The number of hydrazone groups is 1. The van der Waals surface area contributed by atoms with Gasteiger partial charge < -0.3 is 24.3 Å². The number of carboxylic acids is 1. The molecule has 0 aromatic heterocycles. The molecule has 0 aliphatic rings. The molecule has 0 bridgehead atoms. The van der Waals surface area contributed by atoms with Gasteiger partial charge >= 0.3 is 0 Å². The number of nitrogens with zero attached hydrogens (tertiary/aromatic N) is 2. The Balaban J connectivity index is 2.04. The normalized spacial score (nSPS) is 10.5. The summed E-state index contributed by atoms with van der Waals surface area (Å²) in [4.78, 5) is 23.9. The molecule has 8 nitrogen and oxygen atoms in total. The van der Waals surface area contributed by atoms with Gasteiger partial charge in [0, 0.05) is 14.1 Å². The predicted molar refractivity (Wildman–Crippen MR) is 104 cm³/mol. The molecule has 2 aromatic rings. The highest BCUT2D eigenvalue weighted by Crippen LogP contribution is 2.28. The molecular weight excluding hydrogens is 362 g/mol. The lowest BCUT2D eigenvalue weighted by molar-refractivity contribution is -0.255. The Bertz CT molecular complexity index is 847. The number of nitrogens with one attached hydrogen (secondary N) is 1. The number of hydrogen-bond donors (Lipinski definition) is 1. The first kappa shape index (κ1) is 20.8. The highest BCUT2D eigenvalue weighted by molar-refractivity contribution is 5.86. The first-order valence-corrected chi connectivity index (χ1v) is 8.61. The zero-order chi connectivity index (χ0) is 20.5. The number of ether oxygens (including phenoxy) is 2. The van der Waals surface area contributed by atoms with E-state index in [-0.39, 0.29) is 18.1 Å². The number of aromatic carboxylic acids is 1. The Kier molecular flexibility index (Phi) is 7.38. The van der Waals surface area contributed by atoms with Crippen LogP contribution in [-0.2, 0) is 4.79 Å². The number of rotatable bonds is 9. The molecule has 0 saturated heterocycles. The Morgan fingerprint density at radius 1 is 1.11 bits per heavy atom. The van der Waals surface area contributed by atoms with Crippen LogP contribution >= 0.6 is 0 Å². The molecule has 0 saturated carbocycles. The minimum absolute atomic E-state index is 0.0794. The van der Waals surface area contributed by atoms with Gasteiger partial charge in [-0.05, 0) is 48.4 Å². The molecule has 8 heteroatoms. The van der Waals surface area contributed by atoms with Gasteiger partial charge in [0.25, 0.3) is 5.91 Å². The third-order valence-corrected chi connectivity index (χ3v) is 3.65. The third-order valence-electron chi connectivity index (χ3n) is 3.65. The fourth-order valence-electron chi connectivity index (χ4n) is 2.12. The standard InChI is InChI=1S/C20H23N3O5/c1-4-27-18-11-14(5-10-17(18)28-13-19(24)23(2)3)12-21-22-16-8-6-15(7-9-16)20(25)26/h5-12,22H,4,13H2,1-3H3,(H,25,26)/p-1/b21-12-. The Labute approximate surface area is 163 Å². The van der Waals surface area contributed by atoms with Gasteiger partial charge in [-0.3, -0.25) is 10.2 Å². The molecule has 0 atom stereocenters. The molecular formula is C20H22N3O5-. The third kappa shape index (κ3) is 6.01. The van der Waals surface area contributed by atoms with Crippen molar-refractivity contribution in [1.82, 2.24) is 4.90 Å². The summed E-state index contributed by atoms with van der Waals surface area (Å²) in [6.45, 7) is 2.22. The molecule has 2 aromatic carbocycles. The van der Waals surface area contributed by atoms with Crippen LogP contribution in [0.5, 0.6) is 11.5 Å². The summed E-state index contributed by atoms with van der Waals surface area (Å²) in [5.74, 6) is -0.397. The van der Waals surface area contributed by atoms with Gasteiger partial charge in [0.2, 0.25) is 0 Å². The lowest BCUT2D eigenvalue weighted by Gasteiger charge is -2.14. The minimum Gasteiger partial charge on any atom is -0.545 e. The SMILES string of the molecule is CCOc1cc(/C=N\Nc2ccc(C(=O)[O-])cc2)ccc1OCC(=O)N(C)C. The lowest BCUT2D eigenvalue weighted by Crippen LogP contribution is -2.27. The summed E-state index contributed by atoms with van der Waals surface area (Å²) in [7, 11) is 3.32. The van der Waals surface area contributed by atoms with Crippen molar-refractivity contribution in [2.24, 2.45) is 5.10 Å². The Morgan fingerprint density at radius 3 is 2.43 bits per heavy atom. The van der Waals surface area contributed by atoms with Crippen LogP contribution in [0.15, 0.2) is 47.6 Å². The van der Waals surface area contributed by atoms with Gasteiger partial charge in [-0.15, -0.1) is 0 Å². The predicted octanol–water partition coefficient (Wildman–Crippen LogP) is 1.36. The average Bonchev–Trinajstić information content (AvgIpc) is 2.67. The molecule has 0 spiro atoms. The second kappa shape index (κ2) is 9.96. The van der Waals surface area contributed by atoms with E-state index in [0.29, 0.717) is 23.8 Å². The van der Waals surface area contributed by atoms with Gasteiger partial charge in [-0.25, -0.2) is 0 Å². The van der Waals surface area contributed by atoms with Gasteiger partial charge in [-0.1, -0.05) is 12.1 Å². The maximum Gasteiger partial charge on any atom is 0.259 e. The summed E-state index contributed by atoms with van der Waals surface area (Å²) in [6.07, 6.45) is 1.59. The number of benzene rings is 2. The van der Waals surface area contributed by atoms with E-state index in [2.05, 4.69) is 10.5 Å². The lowest BCUT2D eigenvalue weighted by atomic mass is 10.2. The monoisotopic (exact) mass is 384 g/mol. The number of carbonyl (C=O) groups excluding carboxylic acids is 2. The van der Waals surface area contributed by atoms with Crippen LogP contribution in [0.4, 0.5) is 5.69 Å². The number of carboxylic acid groups (broad SMARTS) is 1. The Hall–Kier alpha value is -3.55. The molecule has 0 unspecified atom stereocenters. The van der Waals surface area contributed by atoms with Crippen LogP contribution in [-0.4, -0.2) is 50.3 Å². The number of hydrogen-bond acceptors (Lipinski definition) is 7. The highest BCUT2D eigenvalue weighted by Gasteiger charge is 2.10. The van der Waals surface area contributed by atoms with Crippen molar-refractivity contribution >= 4 is 23.8 Å².